The van der Waals surface area contributed by atoms with E-state index in [9.17, 15) is 14.4 Å². The van der Waals surface area contributed by atoms with Crippen LogP contribution in [0, 0.1) is 0 Å². The molecule has 8 heteroatoms. The van der Waals surface area contributed by atoms with Crippen molar-refractivity contribution in [3.63, 3.8) is 0 Å². The second-order valence-electron chi connectivity index (χ2n) is 7.30. The zero-order valence-corrected chi connectivity index (χ0v) is 18.7. The van der Waals surface area contributed by atoms with Crippen molar-refractivity contribution in [3.8, 4) is 11.5 Å². The molecule has 3 aromatic carbocycles. The van der Waals surface area contributed by atoms with Gasteiger partial charge >= 0.3 is 0 Å². The Morgan fingerprint density at radius 2 is 1.26 bits per heavy atom. The first-order chi connectivity index (χ1) is 16.6. The lowest BCUT2D eigenvalue weighted by Gasteiger charge is -2.10. The minimum Gasteiger partial charge on any atom is -0.490 e. The second kappa shape index (κ2) is 13.3. The molecule has 0 saturated carbocycles. The van der Waals surface area contributed by atoms with Gasteiger partial charge in [0.2, 0.25) is 11.8 Å². The van der Waals surface area contributed by atoms with E-state index in [4.69, 9.17) is 9.47 Å². The Labute approximate surface area is 198 Å². The van der Waals surface area contributed by atoms with Gasteiger partial charge in [-0.1, -0.05) is 54.6 Å². The van der Waals surface area contributed by atoms with Crippen molar-refractivity contribution in [3.05, 3.63) is 96.1 Å². The lowest BCUT2D eigenvalue weighted by molar-refractivity contribution is -0.126. The molecule has 0 aliphatic carbocycles. The Morgan fingerprint density at radius 1 is 0.647 bits per heavy atom. The molecule has 176 valence electrons. The molecule has 0 spiro atoms. The molecule has 8 nitrogen and oxygen atoms in total. The maximum absolute atomic E-state index is 12.3. The average molecular weight is 462 g/mol. The number of hydrazine groups is 1. The number of hydrogen-bond acceptors (Lipinski definition) is 5. The minimum absolute atomic E-state index is 0.0168. The third-order valence-corrected chi connectivity index (χ3v) is 4.69. The molecule has 3 N–H and O–H groups in total. The predicted octanol–water partition coefficient (Wildman–Crippen LogP) is 3.00. The van der Waals surface area contributed by atoms with Crippen LogP contribution < -0.4 is 25.6 Å². The van der Waals surface area contributed by atoms with E-state index in [2.05, 4.69) is 16.2 Å². The summed E-state index contributed by atoms with van der Waals surface area (Å²) >= 11 is 0. The number of nitrogens with one attached hydrogen (secondary N) is 3. The van der Waals surface area contributed by atoms with Gasteiger partial charge < -0.3 is 14.8 Å². The van der Waals surface area contributed by atoms with Gasteiger partial charge in [0.1, 0.15) is 24.7 Å². The Hall–Kier alpha value is -4.33. The van der Waals surface area contributed by atoms with Gasteiger partial charge in [-0.25, -0.2) is 0 Å². The molecule has 34 heavy (non-hydrogen) atoms. The van der Waals surface area contributed by atoms with Crippen LogP contribution in [0.2, 0.25) is 0 Å². The number of para-hydroxylation sites is 1. The largest absolute Gasteiger partial charge is 0.490 e. The first-order valence-corrected chi connectivity index (χ1v) is 10.9. The third kappa shape index (κ3) is 8.66. The summed E-state index contributed by atoms with van der Waals surface area (Å²) in [6.45, 7) is 1.06. The minimum atomic E-state index is -0.493. The van der Waals surface area contributed by atoms with Gasteiger partial charge in [-0.2, -0.15) is 0 Å². The molecule has 0 radical (unpaired) electrons. The molecule has 3 rings (SSSR count). The summed E-state index contributed by atoms with van der Waals surface area (Å²) < 4.78 is 11.2. The van der Waals surface area contributed by atoms with Crippen molar-refractivity contribution in [2.45, 2.75) is 19.4 Å². The number of ether oxygens (including phenoxy) is 2. The lowest BCUT2D eigenvalue weighted by Crippen LogP contribution is -2.42. The maximum Gasteiger partial charge on any atom is 0.269 e. The van der Waals surface area contributed by atoms with E-state index in [1.807, 2.05) is 60.7 Å². The van der Waals surface area contributed by atoms with E-state index in [-0.39, 0.29) is 18.7 Å². The van der Waals surface area contributed by atoms with E-state index >= 15 is 0 Å². The van der Waals surface area contributed by atoms with Crippen molar-refractivity contribution >= 4 is 17.7 Å². The summed E-state index contributed by atoms with van der Waals surface area (Å²) in [5.41, 5.74) is 5.96. The molecule has 3 aromatic rings. The van der Waals surface area contributed by atoms with Crippen LogP contribution in [-0.4, -0.2) is 30.9 Å². The molecule has 0 bridgehead atoms. The Balaban J connectivity index is 1.33. The quantitative estimate of drug-likeness (QED) is 0.301. The highest BCUT2D eigenvalue weighted by atomic mass is 16.5. The fourth-order valence-electron chi connectivity index (χ4n) is 2.94. The summed E-state index contributed by atoms with van der Waals surface area (Å²) in [6.07, 6.45) is -0.0334. The zero-order valence-electron chi connectivity index (χ0n) is 18.7. The van der Waals surface area contributed by atoms with Crippen LogP contribution in [0.4, 0.5) is 0 Å². The third-order valence-electron chi connectivity index (χ3n) is 4.69. The van der Waals surface area contributed by atoms with Gasteiger partial charge in [-0.3, -0.25) is 25.2 Å². The van der Waals surface area contributed by atoms with Gasteiger partial charge in [-0.15, -0.1) is 0 Å². The molecule has 0 aliphatic rings. The van der Waals surface area contributed by atoms with Crippen molar-refractivity contribution in [1.29, 1.82) is 0 Å². The van der Waals surface area contributed by atoms with Crippen molar-refractivity contribution in [2.24, 2.45) is 0 Å². The van der Waals surface area contributed by atoms with Crippen LogP contribution in [0.5, 0.6) is 11.5 Å². The van der Waals surface area contributed by atoms with E-state index in [1.54, 1.807) is 24.3 Å². The summed E-state index contributed by atoms with van der Waals surface area (Å²) in [6, 6.07) is 25.5. The molecular weight excluding hydrogens is 434 g/mol. The van der Waals surface area contributed by atoms with Crippen LogP contribution in [0.15, 0.2) is 84.9 Å². The highest BCUT2D eigenvalue weighted by Crippen LogP contribution is 2.14. The standard InChI is InChI=1S/C26H27N3O5/c30-24(27-19-20-8-3-1-4-9-20)14-15-25(31)28-29-26(32)21-10-7-13-23(18-21)34-17-16-33-22-11-5-2-6-12-22/h1-13,18H,14-17,19H2,(H,27,30)(H,28,31)(H,29,32). The van der Waals surface area contributed by atoms with Crippen LogP contribution >= 0.6 is 0 Å². The first-order valence-electron chi connectivity index (χ1n) is 10.9. The summed E-state index contributed by atoms with van der Waals surface area (Å²) in [7, 11) is 0. The van der Waals surface area contributed by atoms with Crippen LogP contribution in [0.1, 0.15) is 28.8 Å². The van der Waals surface area contributed by atoms with E-state index in [1.165, 1.54) is 0 Å². The average Bonchev–Trinajstić information content (AvgIpc) is 2.88. The smallest absolute Gasteiger partial charge is 0.269 e. The van der Waals surface area contributed by atoms with Gasteiger partial charge in [0.05, 0.1) is 0 Å². The molecule has 3 amide bonds. The second-order valence-corrected chi connectivity index (χ2v) is 7.30. The fourth-order valence-corrected chi connectivity index (χ4v) is 2.94. The van der Waals surface area contributed by atoms with Crippen LogP contribution in [0.25, 0.3) is 0 Å². The van der Waals surface area contributed by atoms with Crippen LogP contribution in [0.3, 0.4) is 0 Å². The van der Waals surface area contributed by atoms with Crippen molar-refractivity contribution in [2.75, 3.05) is 13.2 Å². The normalized spacial score (nSPS) is 10.1. The molecule has 0 saturated heterocycles. The molecule has 0 atom stereocenters. The molecule has 0 heterocycles. The van der Waals surface area contributed by atoms with Gasteiger partial charge in [0.25, 0.3) is 5.91 Å². The van der Waals surface area contributed by atoms with Crippen molar-refractivity contribution < 1.29 is 23.9 Å². The zero-order chi connectivity index (χ0) is 24.0. The van der Waals surface area contributed by atoms with Crippen molar-refractivity contribution in [1.82, 2.24) is 16.2 Å². The van der Waals surface area contributed by atoms with E-state index in [0.29, 0.717) is 31.1 Å². The lowest BCUT2D eigenvalue weighted by atomic mass is 10.2. The van der Waals surface area contributed by atoms with Gasteiger partial charge in [0, 0.05) is 24.9 Å². The Morgan fingerprint density at radius 3 is 2.00 bits per heavy atom. The van der Waals surface area contributed by atoms with E-state index in [0.717, 1.165) is 11.3 Å². The first kappa shape index (κ1) is 24.3. The van der Waals surface area contributed by atoms with Crippen LogP contribution in [-0.2, 0) is 16.1 Å². The number of carbonyl (C=O) groups is 3. The van der Waals surface area contributed by atoms with E-state index < -0.39 is 11.8 Å². The SMILES string of the molecule is O=C(CCC(=O)NNC(=O)c1cccc(OCCOc2ccccc2)c1)NCc1ccccc1. The number of hydrogen-bond donors (Lipinski definition) is 3. The Kier molecular flexibility index (Phi) is 9.49. The monoisotopic (exact) mass is 461 g/mol. The molecular formula is C26H27N3O5. The molecule has 0 aromatic heterocycles. The summed E-state index contributed by atoms with van der Waals surface area (Å²) in [5.74, 6) is 0.0577. The van der Waals surface area contributed by atoms with Gasteiger partial charge in [-0.05, 0) is 35.9 Å². The number of amides is 3. The predicted molar refractivity (Wildman–Crippen MR) is 127 cm³/mol. The highest BCUT2D eigenvalue weighted by Gasteiger charge is 2.10. The molecule has 0 aliphatic heterocycles. The maximum atomic E-state index is 12.3. The summed E-state index contributed by atoms with van der Waals surface area (Å²) in [4.78, 5) is 36.2. The number of carbonyl (C=O) groups excluding carboxylic acids is 3. The topological polar surface area (TPSA) is 106 Å². The Bertz CT molecular complexity index is 1070. The summed E-state index contributed by atoms with van der Waals surface area (Å²) in [5, 5.41) is 2.75. The highest BCUT2D eigenvalue weighted by molar-refractivity contribution is 5.96. The molecule has 0 fully saturated rings. The fraction of sp³-hybridized carbons (Fsp3) is 0.192. The molecule has 0 unspecified atom stereocenters. The van der Waals surface area contributed by atoms with Gasteiger partial charge in [0.15, 0.2) is 0 Å². The number of benzene rings is 3. The number of rotatable bonds is 11.